The Labute approximate surface area is 74.9 Å². The van der Waals surface area contributed by atoms with Gasteiger partial charge in [-0.1, -0.05) is 6.92 Å². The van der Waals surface area contributed by atoms with Crippen LogP contribution in [0.25, 0.3) is 0 Å². The first-order valence-corrected chi connectivity index (χ1v) is 4.88. The maximum Gasteiger partial charge on any atom is 0.402 e. The van der Waals surface area contributed by atoms with Gasteiger partial charge in [0.25, 0.3) is 0 Å². The summed E-state index contributed by atoms with van der Waals surface area (Å²) < 4.78 is 36.6. The van der Waals surface area contributed by atoms with E-state index >= 15 is 0 Å². The third-order valence-electron chi connectivity index (χ3n) is 1.30. The standard InChI is InChI=1S/C7H14F3NS/c1-3-4-12-6(5(2)11)7(8,9)10/h5-6H,3-4,11H2,1-2H3. The van der Waals surface area contributed by atoms with Crippen molar-refractivity contribution in [3.63, 3.8) is 0 Å². The van der Waals surface area contributed by atoms with Crippen LogP contribution in [0.4, 0.5) is 13.2 Å². The highest BCUT2D eigenvalue weighted by molar-refractivity contribution is 8.00. The lowest BCUT2D eigenvalue weighted by molar-refractivity contribution is -0.131. The Balaban J connectivity index is 4.05. The number of alkyl halides is 3. The van der Waals surface area contributed by atoms with Gasteiger partial charge in [-0.05, 0) is 19.1 Å². The van der Waals surface area contributed by atoms with Gasteiger partial charge >= 0.3 is 6.18 Å². The molecule has 1 nitrogen and oxygen atoms in total. The van der Waals surface area contributed by atoms with E-state index in [4.69, 9.17) is 5.73 Å². The highest BCUT2D eigenvalue weighted by Crippen LogP contribution is 2.32. The first-order chi connectivity index (χ1) is 5.39. The van der Waals surface area contributed by atoms with Crippen LogP contribution in [0.3, 0.4) is 0 Å². The van der Waals surface area contributed by atoms with Gasteiger partial charge in [-0.15, -0.1) is 11.8 Å². The van der Waals surface area contributed by atoms with Crippen molar-refractivity contribution in [3.05, 3.63) is 0 Å². The van der Waals surface area contributed by atoms with Crippen LogP contribution in [-0.4, -0.2) is 23.2 Å². The average molecular weight is 201 g/mol. The number of hydrogen-bond acceptors (Lipinski definition) is 2. The predicted molar refractivity (Wildman–Crippen MR) is 46.2 cm³/mol. The Bertz CT molecular complexity index is 124. The maximum absolute atomic E-state index is 12.2. The summed E-state index contributed by atoms with van der Waals surface area (Å²) in [5, 5.41) is -1.42. The first kappa shape index (κ1) is 12.1. The Kier molecular flexibility index (Phi) is 5.01. The number of nitrogens with two attached hydrogens (primary N) is 1. The van der Waals surface area contributed by atoms with Crippen molar-refractivity contribution >= 4 is 11.8 Å². The Morgan fingerprint density at radius 1 is 1.42 bits per heavy atom. The summed E-state index contributed by atoms with van der Waals surface area (Å²) in [6.45, 7) is 3.24. The zero-order valence-electron chi connectivity index (χ0n) is 7.19. The second-order valence-corrected chi connectivity index (χ2v) is 3.94. The topological polar surface area (TPSA) is 26.0 Å². The molecule has 0 heterocycles. The van der Waals surface area contributed by atoms with Crippen molar-refractivity contribution in [2.75, 3.05) is 5.75 Å². The molecule has 0 aliphatic rings. The molecule has 5 heteroatoms. The number of thioether (sulfide) groups is 1. The van der Waals surface area contributed by atoms with Crippen LogP contribution < -0.4 is 5.73 Å². The van der Waals surface area contributed by atoms with Gasteiger partial charge in [0.2, 0.25) is 0 Å². The van der Waals surface area contributed by atoms with E-state index in [1.807, 2.05) is 6.92 Å². The van der Waals surface area contributed by atoms with Gasteiger partial charge in [0.1, 0.15) is 5.25 Å². The predicted octanol–water partition coefficient (Wildman–Crippen LogP) is 2.41. The summed E-state index contributed by atoms with van der Waals surface area (Å²) in [7, 11) is 0. The highest BCUT2D eigenvalue weighted by atomic mass is 32.2. The Hall–Kier alpha value is 0.100. The van der Waals surface area contributed by atoms with E-state index in [1.165, 1.54) is 6.92 Å². The summed E-state index contributed by atoms with van der Waals surface area (Å²) in [6, 6.07) is -0.832. The molecule has 12 heavy (non-hydrogen) atoms. The van der Waals surface area contributed by atoms with E-state index in [2.05, 4.69) is 0 Å². The van der Waals surface area contributed by atoms with Crippen molar-refractivity contribution in [2.45, 2.75) is 37.7 Å². The fraction of sp³-hybridized carbons (Fsp3) is 1.00. The second-order valence-electron chi connectivity index (χ2n) is 2.69. The first-order valence-electron chi connectivity index (χ1n) is 3.83. The molecular weight excluding hydrogens is 187 g/mol. The molecule has 0 spiro atoms. The van der Waals surface area contributed by atoms with E-state index in [0.717, 1.165) is 18.2 Å². The summed E-state index contributed by atoms with van der Waals surface area (Å²) in [5.74, 6) is 0.506. The molecule has 0 amide bonds. The fourth-order valence-electron chi connectivity index (χ4n) is 0.789. The van der Waals surface area contributed by atoms with Crippen LogP contribution >= 0.6 is 11.8 Å². The van der Waals surface area contributed by atoms with Gasteiger partial charge in [0.05, 0.1) is 0 Å². The van der Waals surface area contributed by atoms with Gasteiger partial charge in [-0.25, -0.2) is 0 Å². The summed E-state index contributed by atoms with van der Waals surface area (Å²) in [5.41, 5.74) is 5.22. The van der Waals surface area contributed by atoms with Gasteiger partial charge in [0.15, 0.2) is 0 Å². The van der Waals surface area contributed by atoms with E-state index < -0.39 is 17.5 Å². The molecule has 0 aromatic rings. The lowest BCUT2D eigenvalue weighted by Crippen LogP contribution is -2.40. The molecule has 0 rings (SSSR count). The molecule has 0 fully saturated rings. The zero-order chi connectivity index (χ0) is 9.78. The van der Waals surface area contributed by atoms with Crippen molar-refractivity contribution in [1.82, 2.24) is 0 Å². The lowest BCUT2D eigenvalue weighted by atomic mass is 10.2. The van der Waals surface area contributed by atoms with Crippen LogP contribution in [0.15, 0.2) is 0 Å². The molecule has 0 aliphatic carbocycles. The molecule has 0 aromatic carbocycles. The second kappa shape index (κ2) is 4.97. The summed E-state index contributed by atoms with van der Waals surface area (Å²) in [6.07, 6.45) is -3.43. The number of halogens is 3. The highest BCUT2D eigenvalue weighted by Gasteiger charge is 2.41. The lowest BCUT2D eigenvalue weighted by Gasteiger charge is -2.22. The SMILES string of the molecule is CCCSC(C(C)N)C(F)(F)F. The molecule has 2 atom stereocenters. The summed E-state index contributed by atoms with van der Waals surface area (Å²) >= 11 is 0.887. The Morgan fingerprint density at radius 2 is 1.92 bits per heavy atom. The van der Waals surface area contributed by atoms with Crippen LogP contribution in [-0.2, 0) is 0 Å². The third kappa shape index (κ3) is 4.21. The monoisotopic (exact) mass is 201 g/mol. The zero-order valence-corrected chi connectivity index (χ0v) is 8.00. The summed E-state index contributed by atoms with van der Waals surface area (Å²) in [4.78, 5) is 0. The molecular formula is C7H14F3NS. The van der Waals surface area contributed by atoms with Crippen molar-refractivity contribution in [1.29, 1.82) is 0 Å². The van der Waals surface area contributed by atoms with Gasteiger partial charge in [-0.3, -0.25) is 0 Å². The van der Waals surface area contributed by atoms with Crippen molar-refractivity contribution < 1.29 is 13.2 Å². The molecule has 74 valence electrons. The normalized spacial score (nSPS) is 17.5. The quantitative estimate of drug-likeness (QED) is 0.755. The van der Waals surface area contributed by atoms with E-state index in [9.17, 15) is 13.2 Å². The van der Waals surface area contributed by atoms with Crippen molar-refractivity contribution in [3.8, 4) is 0 Å². The average Bonchev–Trinajstić information content (AvgIpc) is 1.84. The van der Waals surface area contributed by atoms with Crippen LogP contribution in [0, 0.1) is 0 Å². The maximum atomic E-state index is 12.2. The minimum Gasteiger partial charge on any atom is -0.327 e. The molecule has 0 bridgehead atoms. The molecule has 0 radical (unpaired) electrons. The van der Waals surface area contributed by atoms with Crippen LogP contribution in [0.2, 0.25) is 0 Å². The van der Waals surface area contributed by atoms with Crippen LogP contribution in [0.5, 0.6) is 0 Å². The smallest absolute Gasteiger partial charge is 0.327 e. The van der Waals surface area contributed by atoms with E-state index in [0.29, 0.717) is 5.75 Å². The van der Waals surface area contributed by atoms with Crippen LogP contribution in [0.1, 0.15) is 20.3 Å². The van der Waals surface area contributed by atoms with Crippen molar-refractivity contribution in [2.24, 2.45) is 5.73 Å². The Morgan fingerprint density at radius 3 is 2.17 bits per heavy atom. The molecule has 2 unspecified atom stereocenters. The molecule has 0 saturated carbocycles. The number of rotatable bonds is 4. The third-order valence-corrected chi connectivity index (χ3v) is 3.00. The largest absolute Gasteiger partial charge is 0.402 e. The molecule has 0 aromatic heterocycles. The van der Waals surface area contributed by atoms with E-state index in [1.54, 1.807) is 0 Å². The van der Waals surface area contributed by atoms with Gasteiger partial charge < -0.3 is 5.73 Å². The minimum absolute atomic E-state index is 0.506. The number of hydrogen-bond donors (Lipinski definition) is 1. The fourth-order valence-corrected chi connectivity index (χ4v) is 1.77. The molecule has 0 saturated heterocycles. The van der Waals surface area contributed by atoms with Gasteiger partial charge in [-0.2, -0.15) is 13.2 Å². The molecule has 0 aliphatic heterocycles. The van der Waals surface area contributed by atoms with Gasteiger partial charge in [0, 0.05) is 6.04 Å². The molecule has 2 N–H and O–H groups in total. The minimum atomic E-state index is -4.17. The van der Waals surface area contributed by atoms with E-state index in [-0.39, 0.29) is 0 Å².